The quantitative estimate of drug-likeness (QED) is 0.919. The molecule has 1 aromatic carbocycles. The van der Waals surface area contributed by atoms with Crippen LogP contribution in [0.2, 0.25) is 0 Å². The number of benzene rings is 1. The van der Waals surface area contributed by atoms with Crippen LogP contribution in [-0.4, -0.2) is 16.3 Å². The molecule has 1 aromatic heterocycles. The van der Waals surface area contributed by atoms with Gasteiger partial charge in [-0.2, -0.15) is 18.3 Å². The van der Waals surface area contributed by atoms with Gasteiger partial charge in [0.05, 0.1) is 6.04 Å². The predicted molar refractivity (Wildman–Crippen MR) is 66.9 cm³/mol. The Hall–Kier alpha value is -1.98. The van der Waals surface area contributed by atoms with Crippen LogP contribution in [0, 0.1) is 0 Å². The molecular formula is C13H14F3N3. The summed E-state index contributed by atoms with van der Waals surface area (Å²) in [5.74, 6) is 0. The lowest BCUT2D eigenvalue weighted by Gasteiger charge is -2.14. The van der Waals surface area contributed by atoms with Gasteiger partial charge in [0, 0.05) is 18.4 Å². The summed E-state index contributed by atoms with van der Waals surface area (Å²) < 4.78 is 38.6. The van der Waals surface area contributed by atoms with E-state index in [1.54, 1.807) is 0 Å². The second kappa shape index (κ2) is 5.34. The fourth-order valence-electron chi connectivity index (χ4n) is 1.65. The van der Waals surface area contributed by atoms with Crippen LogP contribution in [0.5, 0.6) is 0 Å². The molecule has 1 atom stereocenters. The number of nitrogens with zero attached hydrogens (tertiary/aromatic N) is 2. The normalized spacial score (nSPS) is 13.3. The van der Waals surface area contributed by atoms with Crippen LogP contribution in [0.25, 0.3) is 0 Å². The molecule has 1 N–H and O–H groups in total. The van der Waals surface area contributed by atoms with E-state index >= 15 is 0 Å². The fourth-order valence-corrected chi connectivity index (χ4v) is 1.65. The van der Waals surface area contributed by atoms with Crippen molar-refractivity contribution in [3.63, 3.8) is 0 Å². The Labute approximate surface area is 109 Å². The fraction of sp³-hybridized carbons (Fsp3) is 0.308. The van der Waals surface area contributed by atoms with E-state index < -0.39 is 11.9 Å². The number of rotatable bonds is 4. The average Bonchev–Trinajstić information content (AvgIpc) is 2.87. The zero-order valence-electron chi connectivity index (χ0n) is 10.4. The van der Waals surface area contributed by atoms with Gasteiger partial charge in [-0.3, -0.25) is 4.68 Å². The van der Waals surface area contributed by atoms with Crippen LogP contribution in [0.3, 0.4) is 0 Å². The van der Waals surface area contributed by atoms with Crippen LogP contribution in [-0.2, 0) is 6.18 Å². The second-order valence-electron chi connectivity index (χ2n) is 4.27. The number of hydrogen-bond donors (Lipinski definition) is 1. The molecule has 2 aromatic rings. The molecule has 0 saturated heterocycles. The summed E-state index contributed by atoms with van der Waals surface area (Å²) in [6.07, 6.45) is -3.04. The van der Waals surface area contributed by atoms with Gasteiger partial charge in [0.25, 0.3) is 0 Å². The molecule has 0 radical (unpaired) electrons. The van der Waals surface area contributed by atoms with Crippen LogP contribution in [0.4, 0.5) is 18.9 Å². The van der Waals surface area contributed by atoms with Crippen molar-refractivity contribution in [3.05, 3.63) is 48.3 Å². The molecular weight excluding hydrogens is 255 g/mol. The number of nitrogens with one attached hydrogen (secondary N) is 1. The van der Waals surface area contributed by atoms with Crippen molar-refractivity contribution in [2.45, 2.75) is 19.1 Å². The number of hydrogen-bond acceptors (Lipinski definition) is 2. The summed E-state index contributed by atoms with van der Waals surface area (Å²) in [5, 5.41) is 6.69. The first-order valence-corrected chi connectivity index (χ1v) is 5.88. The Bertz CT molecular complexity index is 519. The first kappa shape index (κ1) is 13.5. The highest BCUT2D eigenvalue weighted by Crippen LogP contribution is 2.27. The zero-order chi connectivity index (χ0) is 13.9. The van der Waals surface area contributed by atoms with Crippen molar-refractivity contribution in [3.8, 4) is 0 Å². The van der Waals surface area contributed by atoms with E-state index in [9.17, 15) is 13.2 Å². The molecule has 3 nitrogen and oxygen atoms in total. The Morgan fingerprint density at radius 3 is 2.47 bits per heavy atom. The van der Waals surface area contributed by atoms with Crippen molar-refractivity contribution in [1.82, 2.24) is 9.78 Å². The molecule has 102 valence electrons. The smallest absolute Gasteiger partial charge is 0.383 e. The van der Waals surface area contributed by atoms with Gasteiger partial charge in [0.15, 0.2) is 5.69 Å². The average molecular weight is 269 g/mol. The van der Waals surface area contributed by atoms with Crippen molar-refractivity contribution < 1.29 is 13.2 Å². The van der Waals surface area contributed by atoms with Gasteiger partial charge >= 0.3 is 6.18 Å². The van der Waals surface area contributed by atoms with Gasteiger partial charge in [-0.1, -0.05) is 18.2 Å². The SMILES string of the molecule is CC(CNc1ccccc1)n1ccc(C(F)(F)F)n1. The number of halogens is 3. The molecule has 6 heteroatoms. The number of para-hydroxylation sites is 1. The maximum atomic E-state index is 12.4. The van der Waals surface area contributed by atoms with E-state index in [1.165, 1.54) is 10.9 Å². The first-order valence-electron chi connectivity index (χ1n) is 5.88. The molecule has 0 amide bonds. The Kier molecular flexibility index (Phi) is 3.78. The summed E-state index contributed by atoms with van der Waals surface area (Å²) >= 11 is 0. The van der Waals surface area contributed by atoms with Crippen molar-refractivity contribution in [2.75, 3.05) is 11.9 Å². The monoisotopic (exact) mass is 269 g/mol. The van der Waals surface area contributed by atoms with E-state index in [0.29, 0.717) is 6.54 Å². The Balaban J connectivity index is 1.97. The largest absolute Gasteiger partial charge is 0.435 e. The molecule has 0 spiro atoms. The minimum Gasteiger partial charge on any atom is -0.383 e. The lowest BCUT2D eigenvalue weighted by atomic mass is 10.3. The molecule has 1 heterocycles. The van der Waals surface area contributed by atoms with E-state index in [1.807, 2.05) is 37.3 Å². The number of anilines is 1. The van der Waals surface area contributed by atoms with E-state index in [-0.39, 0.29) is 6.04 Å². The topological polar surface area (TPSA) is 29.9 Å². The van der Waals surface area contributed by atoms with Crippen LogP contribution < -0.4 is 5.32 Å². The molecule has 0 aliphatic heterocycles. The molecule has 0 fully saturated rings. The van der Waals surface area contributed by atoms with Gasteiger partial charge in [-0.05, 0) is 25.1 Å². The minimum absolute atomic E-state index is 0.170. The van der Waals surface area contributed by atoms with Gasteiger partial charge in [-0.25, -0.2) is 0 Å². The lowest BCUT2D eigenvalue weighted by molar-refractivity contribution is -0.141. The van der Waals surface area contributed by atoms with Crippen LogP contribution in [0.1, 0.15) is 18.7 Å². The molecule has 0 bridgehead atoms. The number of aromatic nitrogens is 2. The van der Waals surface area contributed by atoms with Gasteiger partial charge < -0.3 is 5.32 Å². The van der Waals surface area contributed by atoms with Gasteiger partial charge in [0.2, 0.25) is 0 Å². The van der Waals surface area contributed by atoms with Gasteiger partial charge in [0.1, 0.15) is 0 Å². The third-order valence-corrected chi connectivity index (χ3v) is 2.73. The van der Waals surface area contributed by atoms with Crippen LogP contribution in [0.15, 0.2) is 42.6 Å². The Morgan fingerprint density at radius 2 is 1.89 bits per heavy atom. The van der Waals surface area contributed by atoms with Crippen molar-refractivity contribution in [1.29, 1.82) is 0 Å². The highest BCUT2D eigenvalue weighted by atomic mass is 19.4. The molecule has 1 unspecified atom stereocenters. The Morgan fingerprint density at radius 1 is 1.21 bits per heavy atom. The lowest BCUT2D eigenvalue weighted by Crippen LogP contribution is -2.17. The van der Waals surface area contributed by atoms with Gasteiger partial charge in [-0.15, -0.1) is 0 Å². The minimum atomic E-state index is -4.39. The molecule has 0 aliphatic rings. The summed E-state index contributed by atoms with van der Waals surface area (Å²) in [5.41, 5.74) is 0.0663. The summed E-state index contributed by atoms with van der Waals surface area (Å²) in [4.78, 5) is 0. The van der Waals surface area contributed by atoms with E-state index in [4.69, 9.17) is 0 Å². The zero-order valence-corrected chi connectivity index (χ0v) is 10.4. The highest BCUT2D eigenvalue weighted by molar-refractivity contribution is 5.42. The summed E-state index contributed by atoms with van der Waals surface area (Å²) in [7, 11) is 0. The standard InChI is InChI=1S/C13H14F3N3/c1-10(9-17-11-5-3-2-4-6-11)19-8-7-12(18-19)13(14,15)16/h2-8,10,17H,9H2,1H3. The maximum Gasteiger partial charge on any atom is 0.435 e. The number of alkyl halides is 3. The third-order valence-electron chi connectivity index (χ3n) is 2.73. The summed E-state index contributed by atoms with van der Waals surface area (Å²) in [6, 6.07) is 10.3. The highest BCUT2D eigenvalue weighted by Gasteiger charge is 2.33. The maximum absolute atomic E-state index is 12.4. The van der Waals surface area contributed by atoms with E-state index in [0.717, 1.165) is 11.8 Å². The molecule has 0 saturated carbocycles. The van der Waals surface area contributed by atoms with Crippen LogP contribution >= 0.6 is 0 Å². The summed E-state index contributed by atoms with van der Waals surface area (Å²) in [6.45, 7) is 2.31. The molecule has 19 heavy (non-hydrogen) atoms. The first-order chi connectivity index (χ1) is 8.97. The van der Waals surface area contributed by atoms with Crippen molar-refractivity contribution in [2.24, 2.45) is 0 Å². The third kappa shape index (κ3) is 3.49. The second-order valence-corrected chi connectivity index (χ2v) is 4.27. The van der Waals surface area contributed by atoms with Crippen molar-refractivity contribution >= 4 is 5.69 Å². The predicted octanol–water partition coefficient (Wildman–Crippen LogP) is 3.58. The van der Waals surface area contributed by atoms with E-state index in [2.05, 4.69) is 10.4 Å². The molecule has 2 rings (SSSR count). The molecule has 0 aliphatic carbocycles.